The van der Waals surface area contributed by atoms with E-state index in [0.717, 1.165) is 0 Å². The summed E-state index contributed by atoms with van der Waals surface area (Å²) in [5, 5.41) is 25.2. The summed E-state index contributed by atoms with van der Waals surface area (Å²) in [6.07, 6.45) is 2.96. The molecule has 8 nitrogen and oxygen atoms in total. The molecule has 118 valence electrons. The van der Waals surface area contributed by atoms with E-state index < -0.39 is 10.9 Å². The predicted molar refractivity (Wildman–Crippen MR) is 80.9 cm³/mol. The van der Waals surface area contributed by atoms with Crippen LogP contribution in [0.5, 0.6) is 11.5 Å². The highest BCUT2D eigenvalue weighted by molar-refractivity contribution is 5.25. The zero-order chi connectivity index (χ0) is 15.9. The maximum atomic E-state index is 11.2. The second-order valence-corrected chi connectivity index (χ2v) is 4.69. The standard InChI is InChI=1S/C14H18N4O4/c19-11-1-3-17-9(13(11)21)7-15-5-6-16-8-10-14(22)12(20)2-4-18-10/h1-4,15-16,21-22H,5-8H2,(H,17,19)(H,18,20). The Morgan fingerprint density at radius 3 is 1.64 bits per heavy atom. The minimum absolute atomic E-state index is 0.283. The lowest BCUT2D eigenvalue weighted by Crippen LogP contribution is -2.28. The Labute approximate surface area is 125 Å². The van der Waals surface area contributed by atoms with Crippen molar-refractivity contribution in [2.75, 3.05) is 13.1 Å². The van der Waals surface area contributed by atoms with Crippen LogP contribution in [0.3, 0.4) is 0 Å². The van der Waals surface area contributed by atoms with E-state index in [1.54, 1.807) is 0 Å². The van der Waals surface area contributed by atoms with Gasteiger partial charge in [0, 0.05) is 50.7 Å². The Hall–Kier alpha value is -2.58. The first kappa shape index (κ1) is 15.8. The van der Waals surface area contributed by atoms with Gasteiger partial charge in [0.05, 0.1) is 11.4 Å². The quantitative estimate of drug-likeness (QED) is 0.377. The molecule has 2 rings (SSSR count). The second kappa shape index (κ2) is 7.43. The molecule has 0 aliphatic heterocycles. The van der Waals surface area contributed by atoms with Gasteiger partial charge in [-0.1, -0.05) is 0 Å². The molecule has 6 N–H and O–H groups in total. The van der Waals surface area contributed by atoms with Crippen molar-refractivity contribution >= 4 is 0 Å². The first-order valence-corrected chi connectivity index (χ1v) is 6.80. The van der Waals surface area contributed by atoms with Crippen LogP contribution in [0.25, 0.3) is 0 Å². The normalized spacial score (nSPS) is 10.7. The Morgan fingerprint density at radius 1 is 0.818 bits per heavy atom. The molecule has 22 heavy (non-hydrogen) atoms. The molecule has 0 aliphatic carbocycles. The van der Waals surface area contributed by atoms with Gasteiger partial charge in [-0.15, -0.1) is 0 Å². The minimum Gasteiger partial charge on any atom is -0.503 e. The van der Waals surface area contributed by atoms with Gasteiger partial charge in [0.2, 0.25) is 10.9 Å². The van der Waals surface area contributed by atoms with Crippen molar-refractivity contribution in [3.8, 4) is 11.5 Å². The Balaban J connectivity index is 1.72. The third-order valence-electron chi connectivity index (χ3n) is 3.11. The predicted octanol–water partition coefficient (Wildman–Crippen LogP) is -0.646. The summed E-state index contributed by atoms with van der Waals surface area (Å²) in [5.41, 5.74) is 0.0180. The van der Waals surface area contributed by atoms with Gasteiger partial charge in [-0.05, 0) is 0 Å². The largest absolute Gasteiger partial charge is 0.503 e. The van der Waals surface area contributed by atoms with Crippen molar-refractivity contribution in [2.24, 2.45) is 0 Å². The van der Waals surface area contributed by atoms with Crippen molar-refractivity contribution < 1.29 is 10.2 Å². The molecule has 0 bridgehead atoms. The van der Waals surface area contributed by atoms with Gasteiger partial charge in [0.1, 0.15) is 0 Å². The molecule has 0 saturated carbocycles. The smallest absolute Gasteiger partial charge is 0.223 e. The number of nitrogens with one attached hydrogen (secondary N) is 4. The number of H-pyrrole nitrogens is 2. The number of aromatic hydroxyl groups is 2. The number of pyridine rings is 2. The zero-order valence-electron chi connectivity index (χ0n) is 11.8. The molecular formula is C14H18N4O4. The molecule has 0 saturated heterocycles. The van der Waals surface area contributed by atoms with E-state index in [0.29, 0.717) is 37.6 Å². The number of hydrogen-bond donors (Lipinski definition) is 6. The molecule has 0 amide bonds. The second-order valence-electron chi connectivity index (χ2n) is 4.69. The van der Waals surface area contributed by atoms with Crippen molar-refractivity contribution in [2.45, 2.75) is 13.1 Å². The van der Waals surface area contributed by atoms with Crippen LogP contribution in [-0.2, 0) is 13.1 Å². The van der Waals surface area contributed by atoms with Crippen molar-refractivity contribution in [3.63, 3.8) is 0 Å². The van der Waals surface area contributed by atoms with E-state index >= 15 is 0 Å². The first-order valence-electron chi connectivity index (χ1n) is 6.80. The van der Waals surface area contributed by atoms with Crippen LogP contribution < -0.4 is 21.5 Å². The third kappa shape index (κ3) is 3.96. The number of rotatable bonds is 7. The molecule has 8 heteroatoms. The maximum absolute atomic E-state index is 11.2. The van der Waals surface area contributed by atoms with Gasteiger partial charge in [-0.2, -0.15) is 0 Å². The van der Waals surface area contributed by atoms with E-state index in [1.807, 2.05) is 0 Å². The highest BCUT2D eigenvalue weighted by Crippen LogP contribution is 2.06. The topological polar surface area (TPSA) is 130 Å². The van der Waals surface area contributed by atoms with Crippen molar-refractivity contribution in [1.29, 1.82) is 0 Å². The lowest BCUT2D eigenvalue weighted by atomic mass is 10.3. The molecular weight excluding hydrogens is 288 g/mol. The summed E-state index contributed by atoms with van der Waals surface area (Å²) in [7, 11) is 0. The van der Waals surface area contributed by atoms with Crippen LogP contribution in [0.2, 0.25) is 0 Å². The first-order chi connectivity index (χ1) is 10.6. The molecule has 0 aromatic carbocycles. The van der Waals surface area contributed by atoms with Crippen LogP contribution in [0, 0.1) is 0 Å². The van der Waals surface area contributed by atoms with Gasteiger partial charge < -0.3 is 30.8 Å². The van der Waals surface area contributed by atoms with E-state index in [-0.39, 0.29) is 11.5 Å². The lowest BCUT2D eigenvalue weighted by molar-refractivity contribution is 0.450. The summed E-state index contributed by atoms with van der Waals surface area (Å²) in [5.74, 6) is -0.565. The van der Waals surface area contributed by atoms with E-state index in [9.17, 15) is 19.8 Å². The number of aromatic amines is 2. The Morgan fingerprint density at radius 2 is 1.23 bits per heavy atom. The van der Waals surface area contributed by atoms with E-state index in [1.165, 1.54) is 24.5 Å². The van der Waals surface area contributed by atoms with Crippen LogP contribution in [-0.4, -0.2) is 33.3 Å². The lowest BCUT2D eigenvalue weighted by Gasteiger charge is -2.08. The monoisotopic (exact) mass is 306 g/mol. The van der Waals surface area contributed by atoms with Crippen molar-refractivity contribution in [3.05, 3.63) is 56.4 Å². The molecule has 0 aliphatic rings. The third-order valence-corrected chi connectivity index (χ3v) is 3.11. The summed E-state index contributed by atoms with van der Waals surface area (Å²) >= 11 is 0. The van der Waals surface area contributed by atoms with E-state index in [4.69, 9.17) is 0 Å². The summed E-state index contributed by atoms with van der Waals surface area (Å²) in [6, 6.07) is 2.51. The fourth-order valence-electron chi connectivity index (χ4n) is 1.90. The maximum Gasteiger partial charge on any atom is 0.223 e. The van der Waals surface area contributed by atoms with Gasteiger partial charge >= 0.3 is 0 Å². The van der Waals surface area contributed by atoms with E-state index in [2.05, 4.69) is 20.6 Å². The Kier molecular flexibility index (Phi) is 5.34. The SMILES string of the molecule is O=c1cc[nH]c(CNCCNCc2[nH]ccc(=O)c2O)c1O. The summed E-state index contributed by atoms with van der Waals surface area (Å²) in [4.78, 5) is 28.1. The van der Waals surface area contributed by atoms with Gasteiger partial charge in [0.15, 0.2) is 11.5 Å². The fourth-order valence-corrected chi connectivity index (χ4v) is 1.90. The van der Waals surface area contributed by atoms with Gasteiger partial charge in [0.25, 0.3) is 0 Å². The summed E-state index contributed by atoms with van der Waals surface area (Å²) < 4.78 is 0. The fraction of sp³-hybridized carbons (Fsp3) is 0.286. The number of aromatic nitrogens is 2. The molecule has 0 spiro atoms. The average molecular weight is 306 g/mol. The average Bonchev–Trinajstić information content (AvgIpc) is 2.51. The van der Waals surface area contributed by atoms with Gasteiger partial charge in [-0.25, -0.2) is 0 Å². The summed E-state index contributed by atoms with van der Waals surface area (Å²) in [6.45, 7) is 1.82. The van der Waals surface area contributed by atoms with Crippen LogP contribution >= 0.6 is 0 Å². The minimum atomic E-state index is -0.419. The Bertz CT molecular complexity index is 675. The highest BCUT2D eigenvalue weighted by atomic mass is 16.3. The molecule has 2 aromatic heterocycles. The van der Waals surface area contributed by atoms with Gasteiger partial charge in [-0.3, -0.25) is 9.59 Å². The number of hydrogen-bond acceptors (Lipinski definition) is 6. The molecule has 0 unspecified atom stereocenters. The van der Waals surface area contributed by atoms with Crippen LogP contribution in [0.1, 0.15) is 11.4 Å². The molecule has 2 aromatic rings. The molecule has 2 heterocycles. The zero-order valence-corrected chi connectivity index (χ0v) is 11.8. The molecule has 0 atom stereocenters. The highest BCUT2D eigenvalue weighted by Gasteiger charge is 2.05. The van der Waals surface area contributed by atoms with Crippen LogP contribution in [0.4, 0.5) is 0 Å². The van der Waals surface area contributed by atoms with Crippen LogP contribution in [0.15, 0.2) is 34.1 Å². The van der Waals surface area contributed by atoms with Crippen molar-refractivity contribution in [1.82, 2.24) is 20.6 Å². The molecule has 0 fully saturated rings. The molecule has 0 radical (unpaired) electrons.